The van der Waals surface area contributed by atoms with Crippen LogP contribution >= 0.6 is 11.8 Å². The van der Waals surface area contributed by atoms with Gasteiger partial charge in [-0.05, 0) is 59.7 Å². The van der Waals surface area contributed by atoms with E-state index in [9.17, 15) is 4.79 Å². The van der Waals surface area contributed by atoms with Gasteiger partial charge in [0.2, 0.25) is 11.7 Å². The van der Waals surface area contributed by atoms with Crippen molar-refractivity contribution in [3.05, 3.63) is 78.1 Å². The van der Waals surface area contributed by atoms with Crippen LogP contribution in [0.3, 0.4) is 0 Å². The predicted molar refractivity (Wildman–Crippen MR) is 124 cm³/mol. The van der Waals surface area contributed by atoms with Crippen molar-refractivity contribution in [3.8, 4) is 17.2 Å². The van der Waals surface area contributed by atoms with Crippen molar-refractivity contribution < 1.29 is 19.0 Å². The molecule has 6 nitrogen and oxygen atoms in total. The van der Waals surface area contributed by atoms with Crippen LogP contribution in [-0.2, 0) is 10.5 Å². The van der Waals surface area contributed by atoms with Crippen molar-refractivity contribution in [2.45, 2.75) is 10.6 Å². The second-order valence-corrected chi connectivity index (χ2v) is 7.50. The van der Waals surface area contributed by atoms with Crippen molar-refractivity contribution in [2.75, 3.05) is 26.6 Å². The highest BCUT2D eigenvalue weighted by molar-refractivity contribution is 7.98. The van der Waals surface area contributed by atoms with E-state index in [0.29, 0.717) is 17.2 Å². The number of nitrogens with zero attached hydrogens (tertiary/aromatic N) is 1. The van der Waals surface area contributed by atoms with Gasteiger partial charge in [-0.2, -0.15) is 0 Å². The van der Waals surface area contributed by atoms with Crippen molar-refractivity contribution >= 4 is 29.4 Å². The number of hydrogen-bond donors (Lipinski definition) is 1. The number of aromatic nitrogens is 1. The van der Waals surface area contributed by atoms with E-state index in [1.165, 1.54) is 11.6 Å². The number of thioether (sulfide) groups is 1. The summed E-state index contributed by atoms with van der Waals surface area (Å²) in [5, 5.41) is 2.86. The van der Waals surface area contributed by atoms with Gasteiger partial charge < -0.3 is 19.5 Å². The van der Waals surface area contributed by atoms with Crippen LogP contribution in [0.5, 0.6) is 17.2 Å². The molecule has 0 radical (unpaired) electrons. The van der Waals surface area contributed by atoms with Crippen molar-refractivity contribution in [2.24, 2.45) is 0 Å². The second kappa shape index (κ2) is 11.1. The van der Waals surface area contributed by atoms with Gasteiger partial charge in [-0.25, -0.2) is 0 Å². The SMILES string of the molecule is COc1cc(/C=C/C(=O)Nc2ccc(SCc3cccnc3)cc2)cc(OC)c1OC. The van der Waals surface area contributed by atoms with E-state index in [1.54, 1.807) is 57.5 Å². The predicted octanol–water partition coefficient (Wildman–Crippen LogP) is 5.05. The average molecular weight is 437 g/mol. The van der Waals surface area contributed by atoms with E-state index in [-0.39, 0.29) is 5.91 Å². The lowest BCUT2D eigenvalue weighted by Crippen LogP contribution is -2.07. The molecule has 2 aromatic carbocycles. The number of anilines is 1. The Bertz CT molecular complexity index is 1010. The fourth-order valence-electron chi connectivity index (χ4n) is 2.84. The van der Waals surface area contributed by atoms with Crippen molar-refractivity contribution in [1.82, 2.24) is 4.98 Å². The molecule has 0 saturated heterocycles. The molecular weight excluding hydrogens is 412 g/mol. The van der Waals surface area contributed by atoms with Crippen LogP contribution < -0.4 is 19.5 Å². The lowest BCUT2D eigenvalue weighted by molar-refractivity contribution is -0.111. The van der Waals surface area contributed by atoms with E-state index in [0.717, 1.165) is 21.9 Å². The standard InChI is InChI=1S/C24H24N2O4S/c1-28-21-13-17(14-22(29-2)24(21)30-3)6-11-23(27)26-19-7-9-20(10-8-19)31-16-18-5-4-12-25-15-18/h4-15H,16H2,1-3H3,(H,26,27)/b11-6+. The molecule has 1 aromatic heterocycles. The van der Waals surface area contributed by atoms with Gasteiger partial charge in [-0.3, -0.25) is 9.78 Å². The Morgan fingerprint density at radius 1 is 1.03 bits per heavy atom. The van der Waals surface area contributed by atoms with Gasteiger partial charge in [0.05, 0.1) is 21.3 Å². The zero-order valence-electron chi connectivity index (χ0n) is 17.6. The third-order valence-corrected chi connectivity index (χ3v) is 5.45. The quantitative estimate of drug-likeness (QED) is 0.374. The lowest BCUT2D eigenvalue weighted by atomic mass is 10.1. The van der Waals surface area contributed by atoms with Gasteiger partial charge in [0.15, 0.2) is 11.5 Å². The summed E-state index contributed by atoms with van der Waals surface area (Å²) < 4.78 is 16.0. The van der Waals surface area contributed by atoms with E-state index in [2.05, 4.69) is 16.4 Å². The molecule has 31 heavy (non-hydrogen) atoms. The molecule has 1 amide bonds. The fraction of sp³-hybridized carbons (Fsp3) is 0.167. The maximum Gasteiger partial charge on any atom is 0.248 e. The Morgan fingerprint density at radius 2 is 1.74 bits per heavy atom. The minimum atomic E-state index is -0.232. The third kappa shape index (κ3) is 6.26. The highest BCUT2D eigenvalue weighted by Crippen LogP contribution is 2.38. The molecule has 1 N–H and O–H groups in total. The Balaban J connectivity index is 1.59. The molecule has 0 fully saturated rings. The lowest BCUT2D eigenvalue weighted by Gasteiger charge is -2.12. The van der Waals surface area contributed by atoms with Gasteiger partial charge >= 0.3 is 0 Å². The van der Waals surface area contributed by atoms with Gasteiger partial charge in [-0.1, -0.05) is 6.07 Å². The first-order chi connectivity index (χ1) is 15.1. The van der Waals surface area contributed by atoms with E-state index < -0.39 is 0 Å². The normalized spacial score (nSPS) is 10.7. The van der Waals surface area contributed by atoms with Crippen molar-refractivity contribution in [1.29, 1.82) is 0 Å². The van der Waals surface area contributed by atoms with Crippen LogP contribution in [0.25, 0.3) is 6.08 Å². The molecule has 0 bridgehead atoms. The Labute approximate surface area is 186 Å². The maximum absolute atomic E-state index is 12.3. The molecule has 0 aliphatic carbocycles. The summed E-state index contributed by atoms with van der Waals surface area (Å²) in [7, 11) is 4.65. The van der Waals surface area contributed by atoms with E-state index in [4.69, 9.17) is 14.2 Å². The van der Waals surface area contributed by atoms with Crippen LogP contribution in [0.1, 0.15) is 11.1 Å². The van der Waals surface area contributed by atoms with Crippen LogP contribution in [0, 0.1) is 0 Å². The maximum atomic E-state index is 12.3. The summed E-state index contributed by atoms with van der Waals surface area (Å²) in [4.78, 5) is 17.6. The van der Waals surface area contributed by atoms with Gasteiger partial charge in [0.1, 0.15) is 0 Å². The summed E-state index contributed by atoms with van der Waals surface area (Å²) >= 11 is 1.72. The molecule has 0 aliphatic heterocycles. The number of benzene rings is 2. The summed E-state index contributed by atoms with van der Waals surface area (Å²) in [5.74, 6) is 2.18. The van der Waals surface area contributed by atoms with Crippen LogP contribution in [-0.4, -0.2) is 32.2 Å². The largest absolute Gasteiger partial charge is 0.493 e. The monoisotopic (exact) mass is 436 g/mol. The Hall–Kier alpha value is -3.45. The smallest absolute Gasteiger partial charge is 0.248 e. The number of carbonyl (C=O) groups is 1. The highest BCUT2D eigenvalue weighted by Gasteiger charge is 2.12. The minimum absolute atomic E-state index is 0.232. The first-order valence-electron chi connectivity index (χ1n) is 9.53. The molecule has 0 unspecified atom stereocenters. The first kappa shape index (κ1) is 22.2. The summed E-state index contributed by atoms with van der Waals surface area (Å²) in [5.41, 5.74) is 2.65. The molecular formula is C24H24N2O4S. The zero-order valence-corrected chi connectivity index (χ0v) is 18.4. The number of hydrogen-bond acceptors (Lipinski definition) is 6. The average Bonchev–Trinajstić information content (AvgIpc) is 2.82. The Morgan fingerprint density at radius 3 is 2.32 bits per heavy atom. The fourth-order valence-corrected chi connectivity index (χ4v) is 3.67. The molecule has 3 rings (SSSR count). The topological polar surface area (TPSA) is 69.7 Å². The van der Waals surface area contributed by atoms with Gasteiger partial charge in [0.25, 0.3) is 0 Å². The minimum Gasteiger partial charge on any atom is -0.493 e. The summed E-state index contributed by atoms with van der Waals surface area (Å²) in [6, 6.07) is 15.3. The molecule has 7 heteroatoms. The third-order valence-electron chi connectivity index (χ3n) is 4.36. The number of ether oxygens (including phenoxy) is 3. The van der Waals surface area contributed by atoms with E-state index >= 15 is 0 Å². The molecule has 0 saturated carbocycles. The first-order valence-corrected chi connectivity index (χ1v) is 10.5. The van der Waals surface area contributed by atoms with Gasteiger partial charge in [-0.15, -0.1) is 11.8 Å². The second-order valence-electron chi connectivity index (χ2n) is 6.46. The van der Waals surface area contributed by atoms with Crippen LogP contribution in [0.4, 0.5) is 5.69 Å². The highest BCUT2D eigenvalue weighted by atomic mass is 32.2. The number of pyridine rings is 1. The van der Waals surface area contributed by atoms with Crippen LogP contribution in [0.15, 0.2) is 71.9 Å². The summed E-state index contributed by atoms with van der Waals surface area (Å²) in [6.07, 6.45) is 6.79. The van der Waals surface area contributed by atoms with Gasteiger partial charge in [0, 0.05) is 34.8 Å². The number of rotatable bonds is 9. The number of nitrogens with one attached hydrogen (secondary N) is 1. The van der Waals surface area contributed by atoms with Crippen molar-refractivity contribution in [3.63, 3.8) is 0 Å². The number of amides is 1. The molecule has 1 heterocycles. The molecule has 0 spiro atoms. The number of carbonyl (C=O) groups excluding carboxylic acids is 1. The molecule has 0 aliphatic rings. The Kier molecular flexibility index (Phi) is 7.95. The molecule has 0 atom stereocenters. The number of methoxy groups -OCH3 is 3. The van der Waals surface area contributed by atoms with Crippen LogP contribution in [0.2, 0.25) is 0 Å². The van der Waals surface area contributed by atoms with E-state index in [1.807, 2.05) is 36.5 Å². The summed E-state index contributed by atoms with van der Waals surface area (Å²) in [6.45, 7) is 0. The molecule has 3 aromatic rings. The molecule has 160 valence electrons. The zero-order chi connectivity index (χ0) is 22.1.